The molecule has 5 heteroatoms. The fourth-order valence-electron chi connectivity index (χ4n) is 6.84. The van der Waals surface area contributed by atoms with E-state index in [1.54, 1.807) is 0 Å². The third-order valence-corrected chi connectivity index (χ3v) is 9.65. The summed E-state index contributed by atoms with van der Waals surface area (Å²) in [6.07, 6.45) is 6.91. The van der Waals surface area contributed by atoms with Crippen molar-refractivity contribution in [3.63, 3.8) is 0 Å². The van der Waals surface area contributed by atoms with Crippen LogP contribution in [0.3, 0.4) is 0 Å². The fourth-order valence-corrected chi connectivity index (χ4v) is 6.84. The van der Waals surface area contributed by atoms with Crippen molar-refractivity contribution in [2.75, 3.05) is 0 Å². The number of hydrogen-bond donors (Lipinski definition) is 1. The number of aliphatic hydroxyl groups is 1. The number of carbonyl (C=O) groups excluding carboxylic acids is 1. The largest absolute Gasteiger partial charge is 0.512 e. The minimum absolute atomic E-state index is 0. The average molecular weight is 781 g/mol. The van der Waals surface area contributed by atoms with Crippen molar-refractivity contribution in [2.24, 2.45) is 11.8 Å². The molecule has 0 saturated carbocycles. The van der Waals surface area contributed by atoms with Gasteiger partial charge in [0.1, 0.15) is 5.58 Å². The Labute approximate surface area is 281 Å². The number of allylic oxidation sites excluding steroid dienone is 2. The molecule has 5 aromatic rings. The van der Waals surface area contributed by atoms with Crippen LogP contribution in [0.25, 0.3) is 44.0 Å². The molecule has 1 radical (unpaired) electrons. The Morgan fingerprint density at radius 2 is 1.62 bits per heavy atom. The van der Waals surface area contributed by atoms with E-state index in [1.165, 1.54) is 38.9 Å². The average Bonchev–Trinajstić information content (AvgIpc) is 3.37. The van der Waals surface area contributed by atoms with Crippen LogP contribution in [0.15, 0.2) is 71.0 Å². The van der Waals surface area contributed by atoms with Gasteiger partial charge in [-0.3, -0.25) is 4.79 Å². The maximum atomic E-state index is 11.7. The van der Waals surface area contributed by atoms with Gasteiger partial charge < -0.3 is 14.5 Å². The van der Waals surface area contributed by atoms with Gasteiger partial charge in [-0.15, -0.1) is 17.7 Å². The first-order valence-corrected chi connectivity index (χ1v) is 16.3. The Hall–Kier alpha value is -3.27. The van der Waals surface area contributed by atoms with Gasteiger partial charge in [-0.05, 0) is 76.2 Å². The van der Waals surface area contributed by atoms with Crippen molar-refractivity contribution in [2.45, 2.75) is 92.4 Å². The van der Waals surface area contributed by atoms with E-state index in [0.29, 0.717) is 5.92 Å². The molecule has 3 aromatic carbocycles. The first kappa shape index (κ1) is 34.6. The zero-order chi connectivity index (χ0) is 31.8. The predicted octanol–water partition coefficient (Wildman–Crippen LogP) is 11.2. The van der Waals surface area contributed by atoms with E-state index >= 15 is 0 Å². The van der Waals surface area contributed by atoms with Crippen molar-refractivity contribution < 1.29 is 34.4 Å². The van der Waals surface area contributed by atoms with Crippen molar-refractivity contribution in [3.8, 4) is 11.3 Å². The third kappa shape index (κ3) is 6.27. The van der Waals surface area contributed by atoms with Gasteiger partial charge >= 0.3 is 0 Å². The van der Waals surface area contributed by atoms with Crippen LogP contribution in [0.5, 0.6) is 0 Å². The summed E-state index contributed by atoms with van der Waals surface area (Å²) in [4.78, 5) is 16.7. The molecule has 1 aliphatic carbocycles. The molecule has 1 N–H and O–H groups in total. The third-order valence-electron chi connectivity index (χ3n) is 9.65. The second-order valence-electron chi connectivity index (χ2n) is 13.0. The topological polar surface area (TPSA) is 63.3 Å². The van der Waals surface area contributed by atoms with E-state index in [2.05, 4.69) is 70.2 Å². The number of hydrogen-bond acceptors (Lipinski definition) is 4. The summed E-state index contributed by atoms with van der Waals surface area (Å²) in [5, 5.41) is 14.6. The van der Waals surface area contributed by atoms with E-state index in [1.807, 2.05) is 46.0 Å². The van der Waals surface area contributed by atoms with E-state index in [4.69, 9.17) is 9.40 Å². The standard InChI is InChI=1S/C27H22NO.C13H24O2.Ir/c1-15(2)16-11-12-17-14-28-26-18-7-5-9-21-23(18)24-20(8-6-10-22(24)29-21)27(3,4)25(26)19(17)13-16;1-5-10(6-2)12(14)9-13(15)11(7-3)8-4;/h5-6,8-15H,1-4H3;9-11,14H,5-8H2,1-4H3;/q-1;;/b;12-9-;. The van der Waals surface area contributed by atoms with E-state index in [-0.39, 0.29) is 48.9 Å². The molecule has 6 rings (SSSR count). The monoisotopic (exact) mass is 781 g/mol. The Morgan fingerprint density at radius 1 is 0.956 bits per heavy atom. The molecule has 0 unspecified atom stereocenters. The number of fused-ring (bicyclic) bond motifs is 4. The maximum absolute atomic E-state index is 11.7. The van der Waals surface area contributed by atoms with Gasteiger partial charge in [-0.25, -0.2) is 0 Å². The van der Waals surface area contributed by atoms with Crippen LogP contribution in [-0.4, -0.2) is 15.9 Å². The van der Waals surface area contributed by atoms with Crippen molar-refractivity contribution in [1.82, 2.24) is 4.98 Å². The molecule has 0 bridgehead atoms. The predicted molar refractivity (Wildman–Crippen MR) is 183 cm³/mol. The summed E-state index contributed by atoms with van der Waals surface area (Å²) in [6.45, 7) is 17.2. The molecule has 0 atom stereocenters. The first-order valence-electron chi connectivity index (χ1n) is 16.3. The molecule has 0 amide bonds. The number of aliphatic hydroxyl groups excluding tert-OH is 1. The number of furan rings is 1. The van der Waals surface area contributed by atoms with Crippen LogP contribution in [0.4, 0.5) is 0 Å². The van der Waals surface area contributed by atoms with Crippen LogP contribution in [0, 0.1) is 17.9 Å². The van der Waals surface area contributed by atoms with Crippen LogP contribution >= 0.6 is 0 Å². The Morgan fingerprint density at radius 3 is 2.27 bits per heavy atom. The van der Waals surface area contributed by atoms with E-state index < -0.39 is 0 Å². The number of aromatic nitrogens is 1. The second-order valence-corrected chi connectivity index (χ2v) is 13.0. The Kier molecular flexibility index (Phi) is 10.8. The summed E-state index contributed by atoms with van der Waals surface area (Å²) in [5.74, 6) is 1.03. The molecule has 0 fully saturated rings. The summed E-state index contributed by atoms with van der Waals surface area (Å²) >= 11 is 0. The zero-order valence-electron chi connectivity index (χ0n) is 27.9. The van der Waals surface area contributed by atoms with Gasteiger partial charge in [0.25, 0.3) is 0 Å². The Balaban J connectivity index is 0.000000249. The molecule has 0 spiro atoms. The van der Waals surface area contributed by atoms with Gasteiger partial charge in [-0.1, -0.05) is 97.2 Å². The van der Waals surface area contributed by atoms with Crippen LogP contribution in [-0.2, 0) is 30.3 Å². The molecule has 0 aliphatic heterocycles. The summed E-state index contributed by atoms with van der Waals surface area (Å²) in [5.41, 5.74) is 7.62. The normalized spacial score (nSPS) is 13.7. The summed E-state index contributed by atoms with van der Waals surface area (Å²) in [7, 11) is 0. The van der Waals surface area contributed by atoms with Crippen molar-refractivity contribution >= 4 is 38.5 Å². The minimum Gasteiger partial charge on any atom is -0.512 e. The number of ketones is 1. The minimum atomic E-state index is -0.222. The van der Waals surface area contributed by atoms with Crippen molar-refractivity contribution in [3.05, 3.63) is 89.3 Å². The van der Waals surface area contributed by atoms with Gasteiger partial charge in [0.15, 0.2) is 5.78 Å². The molecular weight excluding hydrogens is 735 g/mol. The van der Waals surface area contributed by atoms with Crippen LogP contribution in [0.2, 0.25) is 0 Å². The van der Waals surface area contributed by atoms with Crippen LogP contribution in [0.1, 0.15) is 104 Å². The first-order chi connectivity index (χ1) is 21.1. The molecule has 1 aliphatic rings. The second kappa shape index (κ2) is 14.0. The Bertz CT molecular complexity index is 1850. The number of nitrogens with zero attached hydrogens (tertiary/aromatic N) is 1. The van der Waals surface area contributed by atoms with Crippen LogP contribution < -0.4 is 0 Å². The van der Waals surface area contributed by atoms with Gasteiger partial charge in [-0.2, -0.15) is 0 Å². The molecule has 4 nitrogen and oxygen atoms in total. The molecular formula is C40H46IrNO3-. The molecule has 45 heavy (non-hydrogen) atoms. The van der Waals surface area contributed by atoms with E-state index in [0.717, 1.165) is 53.5 Å². The van der Waals surface area contributed by atoms with Crippen molar-refractivity contribution in [1.29, 1.82) is 0 Å². The number of rotatable bonds is 8. The number of carbonyl (C=O) groups is 1. The van der Waals surface area contributed by atoms with Gasteiger partial charge in [0, 0.05) is 49.6 Å². The molecule has 0 saturated heterocycles. The SMILES string of the molecule is CC(C)c1ccc2cnc3c(c2c1)C(C)(C)c1cccc2oc4cc[c-]c-3c4c12.CCC(CC)C(=O)/C=C(\O)C(CC)CC.[Ir]. The quantitative estimate of drug-likeness (QED) is 0.0968. The molecule has 2 aromatic heterocycles. The maximum Gasteiger partial charge on any atom is 0.162 e. The molecule has 2 heterocycles. The fraction of sp³-hybridized carbons (Fsp3) is 0.400. The summed E-state index contributed by atoms with van der Waals surface area (Å²) in [6, 6.07) is 20.7. The molecule has 239 valence electrons. The smallest absolute Gasteiger partial charge is 0.162 e. The summed E-state index contributed by atoms with van der Waals surface area (Å²) < 4.78 is 6.21. The van der Waals surface area contributed by atoms with E-state index in [9.17, 15) is 9.90 Å². The zero-order valence-corrected chi connectivity index (χ0v) is 30.3. The van der Waals surface area contributed by atoms with Gasteiger partial charge in [0.2, 0.25) is 0 Å². The number of benzene rings is 3. The number of pyridine rings is 1. The van der Waals surface area contributed by atoms with Gasteiger partial charge in [0.05, 0.1) is 11.3 Å².